The summed E-state index contributed by atoms with van der Waals surface area (Å²) in [5.74, 6) is -0.152. The molecule has 0 aromatic carbocycles. The van der Waals surface area contributed by atoms with Gasteiger partial charge in [-0.1, -0.05) is 0 Å². The van der Waals surface area contributed by atoms with Crippen LogP contribution in [0.1, 0.15) is 42.0 Å². The summed E-state index contributed by atoms with van der Waals surface area (Å²) in [5, 5.41) is 2.88. The summed E-state index contributed by atoms with van der Waals surface area (Å²) >= 11 is 0. The van der Waals surface area contributed by atoms with Crippen LogP contribution < -0.4 is 11.1 Å². The second-order valence-electron chi connectivity index (χ2n) is 5.90. The highest BCUT2D eigenvalue weighted by molar-refractivity contribution is 7.89. The van der Waals surface area contributed by atoms with Gasteiger partial charge in [0.05, 0.1) is 0 Å². The molecule has 1 heterocycles. The van der Waals surface area contributed by atoms with Crippen LogP contribution >= 0.6 is 0 Å². The van der Waals surface area contributed by atoms with Gasteiger partial charge in [-0.05, 0) is 32.6 Å². The van der Waals surface area contributed by atoms with E-state index >= 15 is 0 Å². The molecule has 1 aromatic heterocycles. The fourth-order valence-corrected chi connectivity index (χ4v) is 3.60. The number of aryl methyl sites for hydroxylation is 1. The van der Waals surface area contributed by atoms with E-state index in [1.807, 2.05) is 0 Å². The Morgan fingerprint density at radius 1 is 1.32 bits per heavy atom. The third-order valence-electron chi connectivity index (χ3n) is 3.96. The predicted octanol–water partition coefficient (Wildman–Crippen LogP) is 0.838. The third-order valence-corrected chi connectivity index (χ3v) is 5.88. The number of nitrogens with zero attached hydrogens (tertiary/aromatic N) is 1. The first kappa shape index (κ1) is 17.0. The molecule has 1 aliphatic carbocycles. The number of carbonyl (C=O) groups is 1. The molecular formula is C14H23N3O4S. The van der Waals surface area contributed by atoms with E-state index in [4.69, 9.17) is 10.2 Å². The van der Waals surface area contributed by atoms with Crippen molar-refractivity contribution in [3.63, 3.8) is 0 Å². The van der Waals surface area contributed by atoms with Crippen LogP contribution in [-0.4, -0.2) is 44.8 Å². The number of amides is 1. The van der Waals surface area contributed by atoms with E-state index in [9.17, 15) is 13.2 Å². The maximum atomic E-state index is 12.2. The highest BCUT2D eigenvalue weighted by Gasteiger charge is 2.27. The molecule has 0 spiro atoms. The Hall–Kier alpha value is -1.38. The van der Waals surface area contributed by atoms with Crippen molar-refractivity contribution >= 4 is 15.9 Å². The van der Waals surface area contributed by atoms with Gasteiger partial charge in [-0.2, -0.15) is 0 Å². The first-order valence-electron chi connectivity index (χ1n) is 7.31. The number of furan rings is 1. The minimum Gasteiger partial charge on any atom is -0.455 e. The highest BCUT2D eigenvalue weighted by Crippen LogP contribution is 2.23. The van der Waals surface area contributed by atoms with Crippen molar-refractivity contribution in [1.29, 1.82) is 0 Å². The van der Waals surface area contributed by atoms with Gasteiger partial charge >= 0.3 is 0 Å². The van der Waals surface area contributed by atoms with E-state index in [0.29, 0.717) is 0 Å². The van der Waals surface area contributed by atoms with Gasteiger partial charge in [0.25, 0.3) is 5.91 Å². The Morgan fingerprint density at radius 2 is 1.91 bits per heavy atom. The molecule has 2 rings (SSSR count). The van der Waals surface area contributed by atoms with Crippen LogP contribution in [0.3, 0.4) is 0 Å². The number of hydrogen-bond acceptors (Lipinski definition) is 5. The van der Waals surface area contributed by atoms with Crippen molar-refractivity contribution in [3.8, 4) is 0 Å². The van der Waals surface area contributed by atoms with Crippen molar-refractivity contribution in [3.05, 3.63) is 17.6 Å². The molecule has 0 aliphatic heterocycles. The summed E-state index contributed by atoms with van der Waals surface area (Å²) in [6, 6.07) is 1.55. The van der Waals surface area contributed by atoms with Gasteiger partial charge in [0.2, 0.25) is 10.0 Å². The molecule has 3 N–H and O–H groups in total. The van der Waals surface area contributed by atoms with Crippen LogP contribution in [-0.2, 0) is 10.0 Å². The van der Waals surface area contributed by atoms with Crippen LogP contribution in [0.4, 0.5) is 0 Å². The van der Waals surface area contributed by atoms with Gasteiger partial charge in [-0.3, -0.25) is 4.79 Å². The van der Waals surface area contributed by atoms with Crippen molar-refractivity contribution in [2.45, 2.75) is 49.6 Å². The average molecular weight is 329 g/mol. The van der Waals surface area contributed by atoms with Crippen molar-refractivity contribution in [2.24, 2.45) is 5.73 Å². The topological polar surface area (TPSA) is 106 Å². The molecule has 1 fully saturated rings. The van der Waals surface area contributed by atoms with E-state index in [-0.39, 0.29) is 34.4 Å². The average Bonchev–Trinajstić information content (AvgIpc) is 2.84. The van der Waals surface area contributed by atoms with Crippen molar-refractivity contribution < 1.29 is 17.6 Å². The molecule has 1 saturated carbocycles. The van der Waals surface area contributed by atoms with E-state index in [1.54, 1.807) is 0 Å². The minimum atomic E-state index is -3.62. The van der Waals surface area contributed by atoms with Gasteiger partial charge < -0.3 is 15.5 Å². The lowest BCUT2D eigenvalue weighted by molar-refractivity contribution is 0.0896. The predicted molar refractivity (Wildman–Crippen MR) is 82.0 cm³/mol. The first-order chi connectivity index (χ1) is 10.2. The standard InChI is InChI=1S/C14H23N3O4S/c1-9-13(22(19,20)17(2)3)8-12(21-9)14(18)16-11-6-4-10(15)5-7-11/h8,10-11H,4-7,15H2,1-3H3,(H,16,18). The fraction of sp³-hybridized carbons (Fsp3) is 0.643. The molecular weight excluding hydrogens is 306 g/mol. The summed E-state index contributed by atoms with van der Waals surface area (Å²) in [7, 11) is -0.743. The Bertz CT molecular complexity index is 643. The monoisotopic (exact) mass is 329 g/mol. The van der Waals surface area contributed by atoms with Crippen LogP contribution in [0, 0.1) is 6.92 Å². The van der Waals surface area contributed by atoms with Gasteiger partial charge in [-0.25, -0.2) is 12.7 Å². The fourth-order valence-electron chi connectivity index (χ4n) is 2.55. The number of carbonyl (C=O) groups excluding carboxylic acids is 1. The summed E-state index contributed by atoms with van der Waals surface area (Å²) < 4.78 is 30.7. The first-order valence-corrected chi connectivity index (χ1v) is 8.75. The Labute approximate surface area is 130 Å². The molecule has 8 heteroatoms. The molecule has 0 bridgehead atoms. The summed E-state index contributed by atoms with van der Waals surface area (Å²) in [6.45, 7) is 1.53. The third kappa shape index (κ3) is 3.50. The van der Waals surface area contributed by atoms with Gasteiger partial charge in [-0.15, -0.1) is 0 Å². The van der Waals surface area contributed by atoms with Crippen LogP contribution in [0.15, 0.2) is 15.4 Å². The lowest BCUT2D eigenvalue weighted by atomic mass is 9.92. The zero-order chi connectivity index (χ0) is 16.5. The largest absolute Gasteiger partial charge is 0.455 e. The van der Waals surface area contributed by atoms with Gasteiger partial charge in [0, 0.05) is 32.2 Å². The van der Waals surface area contributed by atoms with Gasteiger partial charge in [0.15, 0.2) is 5.76 Å². The lowest BCUT2D eigenvalue weighted by Crippen LogP contribution is -2.40. The smallest absolute Gasteiger partial charge is 0.287 e. The van der Waals surface area contributed by atoms with E-state index < -0.39 is 10.0 Å². The molecule has 1 aliphatic rings. The Kier molecular flexibility index (Phi) is 4.93. The Morgan fingerprint density at radius 3 is 2.45 bits per heavy atom. The molecule has 124 valence electrons. The van der Waals surface area contributed by atoms with E-state index in [0.717, 1.165) is 30.0 Å². The van der Waals surface area contributed by atoms with Crippen LogP contribution in [0.5, 0.6) is 0 Å². The van der Waals surface area contributed by atoms with Gasteiger partial charge in [0.1, 0.15) is 10.7 Å². The second kappa shape index (κ2) is 6.39. The summed E-state index contributed by atoms with van der Waals surface area (Å²) in [6.07, 6.45) is 3.41. The Balaban J connectivity index is 2.12. The SMILES string of the molecule is Cc1oc(C(=O)NC2CCC(N)CC2)cc1S(=O)(=O)N(C)C. The number of nitrogens with two attached hydrogens (primary N) is 1. The zero-order valence-electron chi connectivity index (χ0n) is 13.1. The maximum absolute atomic E-state index is 12.2. The lowest BCUT2D eigenvalue weighted by Gasteiger charge is -2.26. The van der Waals surface area contributed by atoms with Crippen LogP contribution in [0.2, 0.25) is 0 Å². The molecule has 22 heavy (non-hydrogen) atoms. The summed E-state index contributed by atoms with van der Waals surface area (Å²) in [5.41, 5.74) is 5.84. The molecule has 7 nitrogen and oxygen atoms in total. The molecule has 0 radical (unpaired) electrons. The maximum Gasteiger partial charge on any atom is 0.287 e. The molecule has 0 atom stereocenters. The number of nitrogens with one attached hydrogen (secondary N) is 1. The van der Waals surface area contributed by atoms with E-state index in [1.165, 1.54) is 27.1 Å². The second-order valence-corrected chi connectivity index (χ2v) is 8.02. The highest BCUT2D eigenvalue weighted by atomic mass is 32.2. The molecule has 0 saturated heterocycles. The molecule has 0 unspecified atom stereocenters. The molecule has 1 aromatic rings. The van der Waals surface area contributed by atoms with E-state index in [2.05, 4.69) is 5.32 Å². The number of sulfonamides is 1. The summed E-state index contributed by atoms with van der Waals surface area (Å²) in [4.78, 5) is 12.2. The molecule has 1 amide bonds. The van der Waals surface area contributed by atoms with Crippen molar-refractivity contribution in [2.75, 3.05) is 14.1 Å². The van der Waals surface area contributed by atoms with Crippen molar-refractivity contribution in [1.82, 2.24) is 9.62 Å². The zero-order valence-corrected chi connectivity index (χ0v) is 13.9. The number of rotatable bonds is 4. The quantitative estimate of drug-likeness (QED) is 0.851. The minimum absolute atomic E-state index is 0.0211. The number of hydrogen-bond donors (Lipinski definition) is 2. The normalized spacial score (nSPS) is 22.8. The van der Waals surface area contributed by atoms with Crippen LogP contribution in [0.25, 0.3) is 0 Å².